The van der Waals surface area contributed by atoms with Gasteiger partial charge in [-0.15, -0.1) is 0 Å². The summed E-state index contributed by atoms with van der Waals surface area (Å²) in [5.74, 6) is 3.25. The molecule has 1 spiro atoms. The lowest BCUT2D eigenvalue weighted by atomic mass is 9.92. The van der Waals surface area contributed by atoms with Gasteiger partial charge in [0.25, 0.3) is 0 Å². The molecule has 3 bridgehead atoms. The van der Waals surface area contributed by atoms with Crippen LogP contribution in [0, 0.1) is 0 Å². The van der Waals surface area contributed by atoms with Crippen molar-refractivity contribution in [2.75, 3.05) is 46.0 Å². The normalized spacial score (nSPS) is 24.0. The first-order valence-corrected chi connectivity index (χ1v) is 6.07. The molecular formula is C9H8N8O2. The number of hydrogen-bond donors (Lipinski definition) is 0. The van der Waals surface area contributed by atoms with E-state index in [1.165, 1.54) is 0 Å². The molecule has 2 saturated heterocycles. The minimum atomic E-state index is -0.143. The first kappa shape index (κ1) is 8.56. The van der Waals surface area contributed by atoms with Crippen LogP contribution in [0.4, 0.5) is 23.3 Å². The van der Waals surface area contributed by atoms with Gasteiger partial charge < -0.3 is 19.6 Å². The molecule has 2 aromatic heterocycles. The molecule has 19 heavy (non-hydrogen) atoms. The Morgan fingerprint density at radius 3 is 1.84 bits per heavy atom. The molecule has 6 rings (SSSR count). The van der Waals surface area contributed by atoms with Crippen molar-refractivity contribution in [2.24, 2.45) is 0 Å². The zero-order chi connectivity index (χ0) is 12.2. The Bertz CT molecular complexity index is 650. The monoisotopic (exact) mass is 260 g/mol. The van der Waals surface area contributed by atoms with Crippen LogP contribution in [0.1, 0.15) is 0 Å². The van der Waals surface area contributed by atoms with Crippen LogP contribution < -0.4 is 19.6 Å². The van der Waals surface area contributed by atoms with Gasteiger partial charge >= 0.3 is 0 Å². The molecule has 0 amide bonds. The van der Waals surface area contributed by atoms with E-state index in [4.69, 9.17) is 9.26 Å². The van der Waals surface area contributed by atoms with Crippen molar-refractivity contribution in [1.29, 1.82) is 0 Å². The van der Waals surface area contributed by atoms with Gasteiger partial charge in [-0.05, 0) is 20.6 Å². The number of anilines is 4. The number of fused-ring (bicyclic) bond motifs is 8. The molecule has 0 aliphatic carbocycles. The van der Waals surface area contributed by atoms with Crippen LogP contribution in [0.15, 0.2) is 9.26 Å². The molecule has 0 N–H and O–H groups in total. The summed E-state index contributed by atoms with van der Waals surface area (Å²) < 4.78 is 9.81. The Kier molecular flexibility index (Phi) is 1.04. The molecule has 4 aliphatic heterocycles. The van der Waals surface area contributed by atoms with Crippen LogP contribution in [0.5, 0.6) is 0 Å². The van der Waals surface area contributed by atoms with E-state index < -0.39 is 0 Å². The summed E-state index contributed by atoms with van der Waals surface area (Å²) in [6.07, 6.45) is 0. The van der Waals surface area contributed by atoms with Gasteiger partial charge in [-0.25, -0.2) is 9.26 Å². The average molecular weight is 260 g/mol. The third kappa shape index (κ3) is 0.698. The first-order valence-electron chi connectivity index (χ1n) is 6.07. The maximum Gasteiger partial charge on any atom is 0.221 e. The molecule has 0 unspecified atom stereocenters. The molecule has 0 atom stereocenters. The Balaban J connectivity index is 1.64. The van der Waals surface area contributed by atoms with Gasteiger partial charge in [0.2, 0.25) is 23.3 Å². The van der Waals surface area contributed by atoms with Gasteiger partial charge in [-0.1, -0.05) is 0 Å². The lowest BCUT2D eigenvalue weighted by Crippen LogP contribution is -2.87. The molecule has 4 aliphatic rings. The smallest absolute Gasteiger partial charge is 0.221 e. The van der Waals surface area contributed by atoms with Crippen LogP contribution in [0.2, 0.25) is 0 Å². The molecule has 6 heterocycles. The van der Waals surface area contributed by atoms with Crippen molar-refractivity contribution in [3.05, 3.63) is 0 Å². The third-order valence-electron chi connectivity index (χ3n) is 4.54. The van der Waals surface area contributed by atoms with E-state index >= 15 is 0 Å². The van der Waals surface area contributed by atoms with Crippen LogP contribution >= 0.6 is 0 Å². The topological polar surface area (TPSA) is 90.8 Å². The van der Waals surface area contributed by atoms with E-state index in [1.807, 2.05) is 0 Å². The molecule has 2 aromatic rings. The van der Waals surface area contributed by atoms with Gasteiger partial charge in [-0.2, -0.15) is 0 Å². The Labute approximate surface area is 106 Å². The third-order valence-corrected chi connectivity index (χ3v) is 4.54. The van der Waals surface area contributed by atoms with E-state index in [0.717, 1.165) is 36.4 Å². The van der Waals surface area contributed by atoms with Crippen LogP contribution in [-0.4, -0.2) is 52.7 Å². The van der Waals surface area contributed by atoms with E-state index in [-0.39, 0.29) is 5.66 Å². The summed E-state index contributed by atoms with van der Waals surface area (Å²) in [5, 5.41) is 16.1. The highest BCUT2D eigenvalue weighted by atomic mass is 16.6. The Hall–Kier alpha value is -2.52. The largest absolute Gasteiger partial charge is 0.328 e. The van der Waals surface area contributed by atoms with Crippen LogP contribution in [-0.2, 0) is 0 Å². The number of aromatic nitrogens is 4. The fraction of sp³-hybridized carbons (Fsp3) is 0.556. The zero-order valence-electron chi connectivity index (χ0n) is 9.72. The number of hydrogen-bond acceptors (Lipinski definition) is 10. The van der Waals surface area contributed by atoms with E-state index in [2.05, 4.69) is 40.2 Å². The van der Waals surface area contributed by atoms with Gasteiger partial charge in [0, 0.05) is 0 Å². The molecular weight excluding hydrogens is 252 g/mol. The highest BCUT2D eigenvalue weighted by molar-refractivity contribution is 5.81. The van der Waals surface area contributed by atoms with Crippen LogP contribution in [0.25, 0.3) is 0 Å². The van der Waals surface area contributed by atoms with Crippen molar-refractivity contribution in [3.63, 3.8) is 0 Å². The van der Waals surface area contributed by atoms with Crippen molar-refractivity contribution in [3.8, 4) is 0 Å². The summed E-state index contributed by atoms with van der Waals surface area (Å²) >= 11 is 0. The zero-order valence-corrected chi connectivity index (χ0v) is 9.72. The van der Waals surface area contributed by atoms with Gasteiger partial charge in [-0.3, -0.25) is 0 Å². The lowest BCUT2D eigenvalue weighted by molar-refractivity contribution is 0.232. The predicted octanol–water partition coefficient (Wildman–Crippen LogP) is -0.956. The second-order valence-corrected chi connectivity index (χ2v) is 5.34. The number of nitrogens with zero attached hydrogens (tertiary/aromatic N) is 8. The van der Waals surface area contributed by atoms with Crippen molar-refractivity contribution in [2.45, 2.75) is 5.66 Å². The highest BCUT2D eigenvalue weighted by Gasteiger charge is 2.65. The maximum absolute atomic E-state index is 4.90. The second-order valence-electron chi connectivity index (χ2n) is 5.34. The Morgan fingerprint density at radius 2 is 1.26 bits per heavy atom. The fourth-order valence-corrected chi connectivity index (χ4v) is 3.69. The summed E-state index contributed by atoms with van der Waals surface area (Å²) in [5.41, 5.74) is -0.143. The van der Waals surface area contributed by atoms with Crippen LogP contribution in [0.3, 0.4) is 0 Å². The molecule has 10 nitrogen and oxygen atoms in total. The fourth-order valence-electron chi connectivity index (χ4n) is 3.69. The number of rotatable bonds is 0. The van der Waals surface area contributed by atoms with Gasteiger partial charge in [0.1, 0.15) is 0 Å². The SMILES string of the molecule is C1N2CC34CN1c1nonc1N3CN4c1nonc12. The molecule has 2 fully saturated rings. The van der Waals surface area contributed by atoms with E-state index in [1.54, 1.807) is 0 Å². The molecule has 0 aromatic carbocycles. The van der Waals surface area contributed by atoms with Crippen molar-refractivity contribution in [1.82, 2.24) is 20.6 Å². The molecule has 96 valence electrons. The molecule has 0 saturated carbocycles. The maximum atomic E-state index is 4.90. The highest BCUT2D eigenvalue weighted by Crippen LogP contribution is 2.53. The quantitative estimate of drug-likeness (QED) is 0.590. The summed E-state index contributed by atoms with van der Waals surface area (Å²) in [6, 6.07) is 0. The molecule has 0 radical (unpaired) electrons. The molecule has 10 heteroatoms. The van der Waals surface area contributed by atoms with Gasteiger partial charge in [0.15, 0.2) is 5.66 Å². The minimum absolute atomic E-state index is 0.143. The predicted molar refractivity (Wildman–Crippen MR) is 60.7 cm³/mol. The second kappa shape index (κ2) is 2.31. The standard InChI is InChI=1S/C9H8N8O2/c1-9-2-15-3-14(1)5-7(12-18-10-5)16(9)4-17(9)8-6(15)11-19-13-8/h1-4H2. The first-order chi connectivity index (χ1) is 9.37. The van der Waals surface area contributed by atoms with Crippen molar-refractivity contribution < 1.29 is 9.26 Å². The average Bonchev–Trinajstić information content (AvgIpc) is 3.04. The minimum Gasteiger partial charge on any atom is -0.328 e. The van der Waals surface area contributed by atoms with E-state index in [9.17, 15) is 0 Å². The van der Waals surface area contributed by atoms with E-state index in [0.29, 0.717) is 13.3 Å². The lowest BCUT2D eigenvalue weighted by Gasteiger charge is -2.69. The van der Waals surface area contributed by atoms with Crippen molar-refractivity contribution >= 4 is 23.3 Å². The Morgan fingerprint density at radius 1 is 0.737 bits per heavy atom. The summed E-state index contributed by atoms with van der Waals surface area (Å²) in [4.78, 5) is 8.77. The summed E-state index contributed by atoms with van der Waals surface area (Å²) in [6.45, 7) is 3.13. The van der Waals surface area contributed by atoms with Gasteiger partial charge in [0.05, 0.1) is 26.4 Å². The summed E-state index contributed by atoms with van der Waals surface area (Å²) in [7, 11) is 0.